The lowest BCUT2D eigenvalue weighted by molar-refractivity contribution is 0.0383. The van der Waals surface area contributed by atoms with E-state index in [1.165, 1.54) is 0 Å². The van der Waals surface area contributed by atoms with Crippen molar-refractivity contribution in [3.05, 3.63) is 72.1 Å². The molecule has 5 N–H and O–H groups in total. The fourth-order valence-electron chi connectivity index (χ4n) is 3.69. The number of nitrogens with two attached hydrogens (primary N) is 1. The maximum Gasteiger partial charge on any atom is 0.299 e. The second kappa shape index (κ2) is 12.2. The molecule has 184 valence electrons. The summed E-state index contributed by atoms with van der Waals surface area (Å²) in [5.41, 5.74) is 9.64. The Morgan fingerprint density at radius 3 is 2.74 bits per heavy atom. The van der Waals surface area contributed by atoms with Gasteiger partial charge in [-0.3, -0.25) is 9.69 Å². The normalized spacial score (nSPS) is 14.2. The van der Waals surface area contributed by atoms with Gasteiger partial charge in [-0.25, -0.2) is 4.98 Å². The Morgan fingerprint density at radius 2 is 1.97 bits per heavy atom. The van der Waals surface area contributed by atoms with E-state index in [4.69, 9.17) is 14.9 Å². The zero-order valence-corrected chi connectivity index (χ0v) is 19.9. The average Bonchev–Trinajstić information content (AvgIpc) is 3.35. The number of ether oxygens (including phenoxy) is 1. The summed E-state index contributed by atoms with van der Waals surface area (Å²) >= 11 is 0. The first-order valence-electron chi connectivity index (χ1n) is 11.8. The van der Waals surface area contributed by atoms with E-state index >= 15 is 0 Å². The molecule has 0 spiro atoms. The molecule has 0 unspecified atom stereocenters. The molecule has 0 radical (unpaired) electrons. The number of morpholine rings is 1. The fraction of sp³-hybridized carbons (Fsp3) is 0.308. The monoisotopic (exact) mass is 476 g/mol. The van der Waals surface area contributed by atoms with Gasteiger partial charge in [0.25, 0.3) is 11.9 Å². The topological polar surface area (TPSA) is 118 Å². The molecule has 0 saturated carbocycles. The van der Waals surface area contributed by atoms with E-state index in [0.717, 1.165) is 55.3 Å². The first-order valence-corrected chi connectivity index (χ1v) is 11.8. The van der Waals surface area contributed by atoms with Gasteiger partial charge in [-0.15, -0.1) is 0 Å². The molecule has 4 rings (SSSR count). The van der Waals surface area contributed by atoms with Crippen molar-refractivity contribution in [3.63, 3.8) is 0 Å². The van der Waals surface area contributed by atoms with Crippen LogP contribution in [0.25, 0.3) is 11.3 Å². The third-order valence-electron chi connectivity index (χ3n) is 5.74. The molecular formula is C26H32N6O3. The zero-order valence-electron chi connectivity index (χ0n) is 19.9. The van der Waals surface area contributed by atoms with Crippen molar-refractivity contribution in [2.45, 2.75) is 6.92 Å². The minimum atomic E-state index is -0.107. The molecule has 1 aliphatic heterocycles. The van der Waals surface area contributed by atoms with Gasteiger partial charge in [0.2, 0.25) is 0 Å². The van der Waals surface area contributed by atoms with Crippen LogP contribution >= 0.6 is 0 Å². The standard InChI is InChI=1S/C26H32N6O3/c1-19-3-4-21(25(33)29-11-12-32-13-15-34-16-14-32)17-23(19)31-26-30-18-24(35-26)20-5-7-22(8-6-20)28-10-2-9-27/h2-8,10,17-18,28H,9,11-16,27H2,1H3,(H,29,33)(H,30,31)/b10-2-. The molecule has 2 aromatic carbocycles. The second-order valence-electron chi connectivity index (χ2n) is 8.25. The van der Waals surface area contributed by atoms with E-state index in [9.17, 15) is 4.79 Å². The molecular weight excluding hydrogens is 444 g/mol. The van der Waals surface area contributed by atoms with E-state index < -0.39 is 0 Å². The number of carbonyl (C=O) groups excluding carboxylic acids is 1. The van der Waals surface area contributed by atoms with Crippen LogP contribution in [0.3, 0.4) is 0 Å². The van der Waals surface area contributed by atoms with E-state index in [1.807, 2.05) is 61.7 Å². The van der Waals surface area contributed by atoms with Gasteiger partial charge in [0.1, 0.15) is 0 Å². The largest absolute Gasteiger partial charge is 0.423 e. The highest BCUT2D eigenvalue weighted by atomic mass is 16.5. The predicted molar refractivity (Wildman–Crippen MR) is 138 cm³/mol. The van der Waals surface area contributed by atoms with E-state index in [0.29, 0.717) is 30.4 Å². The summed E-state index contributed by atoms with van der Waals surface area (Å²) in [4.78, 5) is 19.3. The van der Waals surface area contributed by atoms with Crippen molar-refractivity contribution in [3.8, 4) is 11.3 Å². The Labute approximate surface area is 205 Å². The zero-order chi connectivity index (χ0) is 24.5. The average molecular weight is 477 g/mol. The summed E-state index contributed by atoms with van der Waals surface area (Å²) in [6.07, 6.45) is 5.33. The summed E-state index contributed by atoms with van der Waals surface area (Å²) in [5.74, 6) is 0.538. The fourth-order valence-corrected chi connectivity index (χ4v) is 3.69. The van der Waals surface area contributed by atoms with Crippen LogP contribution in [0.5, 0.6) is 0 Å². The summed E-state index contributed by atoms with van der Waals surface area (Å²) in [6.45, 7) is 7.16. The van der Waals surface area contributed by atoms with Gasteiger partial charge in [0.05, 0.1) is 19.4 Å². The lowest BCUT2D eigenvalue weighted by Crippen LogP contribution is -2.41. The first kappa shape index (κ1) is 24.5. The predicted octanol–water partition coefficient (Wildman–Crippen LogP) is 3.34. The summed E-state index contributed by atoms with van der Waals surface area (Å²) in [7, 11) is 0. The minimum absolute atomic E-state index is 0.107. The molecule has 1 amide bonds. The number of nitrogens with zero attached hydrogens (tertiary/aromatic N) is 2. The smallest absolute Gasteiger partial charge is 0.299 e. The highest BCUT2D eigenvalue weighted by Gasteiger charge is 2.13. The number of anilines is 3. The Balaban J connectivity index is 1.35. The Kier molecular flexibility index (Phi) is 8.50. The summed E-state index contributed by atoms with van der Waals surface area (Å²) in [5, 5.41) is 9.35. The van der Waals surface area contributed by atoms with Crippen molar-refractivity contribution in [1.82, 2.24) is 15.2 Å². The highest BCUT2D eigenvalue weighted by molar-refractivity contribution is 5.95. The van der Waals surface area contributed by atoms with Gasteiger partial charge in [-0.1, -0.05) is 12.1 Å². The van der Waals surface area contributed by atoms with Gasteiger partial charge in [-0.05, 0) is 55.1 Å². The Hall–Kier alpha value is -3.66. The third kappa shape index (κ3) is 6.92. The molecule has 3 aromatic rings. The quantitative estimate of drug-likeness (QED) is 0.352. The van der Waals surface area contributed by atoms with Crippen molar-refractivity contribution >= 4 is 23.3 Å². The number of benzene rings is 2. The van der Waals surface area contributed by atoms with E-state index in [1.54, 1.807) is 6.20 Å². The molecule has 0 aliphatic carbocycles. The van der Waals surface area contributed by atoms with Crippen LogP contribution in [0.1, 0.15) is 15.9 Å². The molecule has 9 heteroatoms. The number of hydrogen-bond acceptors (Lipinski definition) is 8. The van der Waals surface area contributed by atoms with E-state index in [-0.39, 0.29) is 5.91 Å². The molecule has 35 heavy (non-hydrogen) atoms. The lowest BCUT2D eigenvalue weighted by Gasteiger charge is -2.26. The maximum absolute atomic E-state index is 12.7. The molecule has 1 aliphatic rings. The highest BCUT2D eigenvalue weighted by Crippen LogP contribution is 2.27. The minimum Gasteiger partial charge on any atom is -0.423 e. The maximum atomic E-state index is 12.7. The molecule has 0 atom stereocenters. The molecule has 1 aromatic heterocycles. The van der Waals surface area contributed by atoms with Crippen molar-refractivity contribution in [2.24, 2.45) is 5.73 Å². The summed E-state index contributed by atoms with van der Waals surface area (Å²) in [6, 6.07) is 13.7. The summed E-state index contributed by atoms with van der Waals surface area (Å²) < 4.78 is 11.3. The van der Waals surface area contributed by atoms with Crippen LogP contribution in [0.15, 0.2) is 65.4 Å². The third-order valence-corrected chi connectivity index (χ3v) is 5.74. The SMILES string of the molecule is Cc1ccc(C(=O)NCCN2CCOCC2)cc1Nc1ncc(-c2ccc(N/C=C\CN)cc2)o1. The van der Waals surface area contributed by atoms with Crippen LogP contribution in [0.4, 0.5) is 17.4 Å². The number of rotatable bonds is 10. The van der Waals surface area contributed by atoms with Crippen molar-refractivity contribution < 1.29 is 13.9 Å². The van der Waals surface area contributed by atoms with Crippen LogP contribution in [-0.4, -0.2) is 61.7 Å². The van der Waals surface area contributed by atoms with Gasteiger partial charge in [0, 0.05) is 55.2 Å². The van der Waals surface area contributed by atoms with Gasteiger partial charge in [-0.2, -0.15) is 0 Å². The number of hydrogen-bond donors (Lipinski definition) is 4. The number of aryl methyl sites for hydroxylation is 1. The Morgan fingerprint density at radius 1 is 1.17 bits per heavy atom. The van der Waals surface area contributed by atoms with Crippen LogP contribution < -0.4 is 21.7 Å². The number of nitrogens with one attached hydrogen (secondary N) is 3. The van der Waals surface area contributed by atoms with Gasteiger partial charge in [0.15, 0.2) is 5.76 Å². The number of oxazole rings is 1. The number of amides is 1. The Bertz CT molecular complexity index is 1140. The van der Waals surface area contributed by atoms with Crippen LogP contribution in [0.2, 0.25) is 0 Å². The molecule has 1 saturated heterocycles. The second-order valence-corrected chi connectivity index (χ2v) is 8.25. The van der Waals surface area contributed by atoms with E-state index in [2.05, 4.69) is 25.8 Å². The number of carbonyl (C=O) groups is 1. The molecule has 2 heterocycles. The molecule has 9 nitrogen and oxygen atoms in total. The van der Waals surface area contributed by atoms with Gasteiger partial charge < -0.3 is 30.8 Å². The van der Waals surface area contributed by atoms with Crippen LogP contribution in [-0.2, 0) is 4.74 Å². The molecule has 0 bridgehead atoms. The number of aromatic nitrogens is 1. The molecule has 1 fully saturated rings. The van der Waals surface area contributed by atoms with Gasteiger partial charge >= 0.3 is 0 Å². The van der Waals surface area contributed by atoms with Crippen LogP contribution in [0, 0.1) is 6.92 Å². The van der Waals surface area contributed by atoms with Crippen molar-refractivity contribution in [2.75, 3.05) is 56.6 Å². The first-order chi connectivity index (χ1) is 17.1. The van der Waals surface area contributed by atoms with Crippen molar-refractivity contribution in [1.29, 1.82) is 0 Å². The lowest BCUT2D eigenvalue weighted by atomic mass is 10.1.